The molecule has 0 radical (unpaired) electrons. The van der Waals surface area contributed by atoms with E-state index in [1.807, 2.05) is 0 Å². The summed E-state index contributed by atoms with van der Waals surface area (Å²) in [6.07, 6.45) is 3.57. The predicted molar refractivity (Wildman–Crippen MR) is 44.3 cm³/mol. The molecule has 0 spiro atoms. The zero-order valence-electron chi connectivity index (χ0n) is 5.91. The minimum absolute atomic E-state index is 0.335. The fourth-order valence-electron chi connectivity index (χ4n) is 1.01. The van der Waals surface area contributed by atoms with Crippen molar-refractivity contribution in [3.05, 3.63) is 23.1 Å². The van der Waals surface area contributed by atoms with Crippen LogP contribution in [0.25, 0.3) is 11.2 Å². The number of hydrogen-bond acceptors (Lipinski definition) is 3. The summed E-state index contributed by atoms with van der Waals surface area (Å²) in [4.78, 5) is 21.2. The summed E-state index contributed by atoms with van der Waals surface area (Å²) in [6.45, 7) is 0. The Labute approximate surface area is 72.6 Å². The summed E-state index contributed by atoms with van der Waals surface area (Å²) in [6, 6.07) is 0. The maximum absolute atomic E-state index is 10.6. The van der Waals surface area contributed by atoms with E-state index >= 15 is 0 Å². The standard InChI is InChI=1S/C7H4ClN3O/c8-5-1-9-7-6(4(5)2-12)10-3-11-7/h1-3H,(H,9,10,11). The molecule has 1 N–H and O–H groups in total. The monoisotopic (exact) mass is 181 g/mol. The lowest BCUT2D eigenvalue weighted by molar-refractivity contribution is 0.112. The Morgan fingerprint density at radius 1 is 1.50 bits per heavy atom. The summed E-state index contributed by atoms with van der Waals surface area (Å²) >= 11 is 5.72. The normalized spacial score (nSPS) is 10.4. The van der Waals surface area contributed by atoms with Crippen LogP contribution in [-0.2, 0) is 0 Å². The third-order valence-corrected chi connectivity index (χ3v) is 1.87. The van der Waals surface area contributed by atoms with Crippen LogP contribution in [0.1, 0.15) is 10.4 Å². The lowest BCUT2D eigenvalue weighted by Gasteiger charge is -1.94. The average Bonchev–Trinajstić information content (AvgIpc) is 2.52. The van der Waals surface area contributed by atoms with Gasteiger partial charge in [-0.1, -0.05) is 11.6 Å². The van der Waals surface area contributed by atoms with Crippen molar-refractivity contribution in [3.8, 4) is 0 Å². The van der Waals surface area contributed by atoms with Crippen LogP contribution in [0.15, 0.2) is 12.5 Å². The number of imidazole rings is 1. The van der Waals surface area contributed by atoms with E-state index in [-0.39, 0.29) is 0 Å². The van der Waals surface area contributed by atoms with Gasteiger partial charge in [0.2, 0.25) is 0 Å². The van der Waals surface area contributed by atoms with Crippen LogP contribution in [0.3, 0.4) is 0 Å². The van der Waals surface area contributed by atoms with Gasteiger partial charge in [-0.05, 0) is 0 Å². The number of aromatic nitrogens is 3. The Balaban J connectivity index is 2.91. The van der Waals surface area contributed by atoms with Gasteiger partial charge in [-0.3, -0.25) is 4.79 Å². The van der Waals surface area contributed by atoms with Gasteiger partial charge in [-0.15, -0.1) is 0 Å². The van der Waals surface area contributed by atoms with Gasteiger partial charge < -0.3 is 4.98 Å². The molecule has 0 saturated carbocycles. The Hall–Kier alpha value is -1.42. The van der Waals surface area contributed by atoms with Gasteiger partial charge in [-0.2, -0.15) is 0 Å². The second-order valence-electron chi connectivity index (χ2n) is 2.24. The van der Waals surface area contributed by atoms with E-state index in [0.717, 1.165) is 0 Å². The molecule has 0 saturated heterocycles. The number of hydrogen-bond donors (Lipinski definition) is 1. The summed E-state index contributed by atoms with van der Waals surface area (Å²) < 4.78 is 0. The van der Waals surface area contributed by atoms with Crippen molar-refractivity contribution in [3.63, 3.8) is 0 Å². The molecule has 12 heavy (non-hydrogen) atoms. The van der Waals surface area contributed by atoms with Crippen molar-refractivity contribution in [1.29, 1.82) is 0 Å². The number of fused-ring (bicyclic) bond motifs is 1. The van der Waals surface area contributed by atoms with Gasteiger partial charge in [0, 0.05) is 6.20 Å². The molecule has 2 aromatic rings. The van der Waals surface area contributed by atoms with E-state index in [1.165, 1.54) is 12.5 Å². The predicted octanol–water partition coefficient (Wildman–Crippen LogP) is 1.42. The minimum Gasteiger partial charge on any atom is -0.343 e. The lowest BCUT2D eigenvalue weighted by atomic mass is 10.2. The molecule has 0 atom stereocenters. The van der Waals surface area contributed by atoms with Crippen molar-refractivity contribution in [2.45, 2.75) is 0 Å². The van der Waals surface area contributed by atoms with Crippen molar-refractivity contribution in [1.82, 2.24) is 15.0 Å². The third kappa shape index (κ3) is 0.887. The first-order valence-corrected chi connectivity index (χ1v) is 3.63. The molecular weight excluding hydrogens is 178 g/mol. The van der Waals surface area contributed by atoms with E-state index in [4.69, 9.17) is 11.6 Å². The molecule has 0 aliphatic heterocycles. The Morgan fingerprint density at radius 3 is 3.08 bits per heavy atom. The van der Waals surface area contributed by atoms with Crippen LogP contribution in [-0.4, -0.2) is 21.2 Å². The summed E-state index contributed by atoms with van der Waals surface area (Å²) in [5, 5.41) is 0.335. The van der Waals surface area contributed by atoms with Crippen LogP contribution in [0.5, 0.6) is 0 Å². The molecule has 0 bridgehead atoms. The molecule has 0 amide bonds. The maximum Gasteiger partial charge on any atom is 0.178 e. The molecule has 2 rings (SSSR count). The van der Waals surface area contributed by atoms with Crippen LogP contribution in [0.2, 0.25) is 5.02 Å². The number of nitrogens with one attached hydrogen (secondary N) is 1. The zero-order valence-corrected chi connectivity index (χ0v) is 6.67. The van der Waals surface area contributed by atoms with Crippen molar-refractivity contribution < 1.29 is 4.79 Å². The second kappa shape index (κ2) is 2.57. The molecule has 2 aromatic heterocycles. The number of nitrogens with zero attached hydrogens (tertiary/aromatic N) is 2. The van der Waals surface area contributed by atoms with Crippen LogP contribution >= 0.6 is 11.6 Å². The Bertz CT molecular complexity index is 437. The minimum atomic E-state index is 0.335. The molecule has 0 fully saturated rings. The first-order chi connectivity index (χ1) is 5.83. The Kier molecular flexibility index (Phi) is 1.55. The quantitative estimate of drug-likeness (QED) is 0.677. The fourth-order valence-corrected chi connectivity index (χ4v) is 1.19. The highest BCUT2D eigenvalue weighted by Crippen LogP contribution is 2.19. The Morgan fingerprint density at radius 2 is 2.33 bits per heavy atom. The van der Waals surface area contributed by atoms with Gasteiger partial charge in [0.05, 0.1) is 22.4 Å². The van der Waals surface area contributed by atoms with E-state index < -0.39 is 0 Å². The number of pyridine rings is 1. The molecule has 0 unspecified atom stereocenters. The van der Waals surface area contributed by atoms with Crippen molar-refractivity contribution >= 4 is 29.1 Å². The summed E-state index contributed by atoms with van der Waals surface area (Å²) in [5.74, 6) is 0. The van der Waals surface area contributed by atoms with Gasteiger partial charge >= 0.3 is 0 Å². The number of carbonyl (C=O) groups excluding carboxylic acids is 1. The van der Waals surface area contributed by atoms with Gasteiger partial charge in [0.15, 0.2) is 11.9 Å². The first-order valence-electron chi connectivity index (χ1n) is 3.25. The molecule has 4 nitrogen and oxygen atoms in total. The first kappa shape index (κ1) is 7.24. The number of rotatable bonds is 1. The van der Waals surface area contributed by atoms with Crippen molar-refractivity contribution in [2.24, 2.45) is 0 Å². The third-order valence-electron chi connectivity index (χ3n) is 1.56. The second-order valence-corrected chi connectivity index (χ2v) is 2.65. The number of aldehydes is 1. The van der Waals surface area contributed by atoms with Crippen LogP contribution < -0.4 is 0 Å². The topological polar surface area (TPSA) is 58.6 Å². The van der Waals surface area contributed by atoms with E-state index in [0.29, 0.717) is 28.0 Å². The number of aromatic amines is 1. The van der Waals surface area contributed by atoms with E-state index in [2.05, 4.69) is 15.0 Å². The highest BCUT2D eigenvalue weighted by atomic mass is 35.5. The number of halogens is 1. The maximum atomic E-state index is 10.6. The SMILES string of the molecule is O=Cc1c(Cl)cnc2nc[nH]c12. The smallest absolute Gasteiger partial charge is 0.178 e. The molecule has 2 heterocycles. The molecule has 0 aromatic carbocycles. The highest BCUT2D eigenvalue weighted by Gasteiger charge is 2.07. The largest absolute Gasteiger partial charge is 0.343 e. The lowest BCUT2D eigenvalue weighted by Crippen LogP contribution is -1.87. The van der Waals surface area contributed by atoms with E-state index in [9.17, 15) is 4.79 Å². The number of H-pyrrole nitrogens is 1. The van der Waals surface area contributed by atoms with Gasteiger partial charge in [0.1, 0.15) is 0 Å². The average molecular weight is 182 g/mol. The van der Waals surface area contributed by atoms with E-state index in [1.54, 1.807) is 0 Å². The molecule has 60 valence electrons. The molecule has 0 aliphatic carbocycles. The molecular formula is C7H4ClN3O. The highest BCUT2D eigenvalue weighted by molar-refractivity contribution is 6.34. The number of carbonyl (C=O) groups is 1. The van der Waals surface area contributed by atoms with Crippen LogP contribution in [0.4, 0.5) is 0 Å². The van der Waals surface area contributed by atoms with Gasteiger partial charge in [0.25, 0.3) is 0 Å². The summed E-state index contributed by atoms with van der Waals surface area (Å²) in [5.41, 5.74) is 1.48. The van der Waals surface area contributed by atoms with Gasteiger partial charge in [-0.25, -0.2) is 9.97 Å². The molecule has 5 heteroatoms. The van der Waals surface area contributed by atoms with Crippen LogP contribution in [0, 0.1) is 0 Å². The molecule has 0 aliphatic rings. The summed E-state index contributed by atoms with van der Waals surface area (Å²) in [7, 11) is 0. The van der Waals surface area contributed by atoms with Crippen molar-refractivity contribution in [2.75, 3.05) is 0 Å². The zero-order chi connectivity index (χ0) is 8.55. The fraction of sp³-hybridized carbons (Fsp3) is 0.